The van der Waals surface area contributed by atoms with E-state index in [0.29, 0.717) is 16.8 Å². The Morgan fingerprint density at radius 1 is 1.03 bits per heavy atom. The van der Waals surface area contributed by atoms with Crippen molar-refractivity contribution >= 4 is 31.0 Å². The van der Waals surface area contributed by atoms with Gasteiger partial charge in [-0.1, -0.05) is 43.5 Å². The van der Waals surface area contributed by atoms with Crippen molar-refractivity contribution in [3.63, 3.8) is 0 Å². The number of nitrogen functional groups attached to an aromatic ring is 1. The van der Waals surface area contributed by atoms with Crippen LogP contribution in [0.25, 0.3) is 11.3 Å². The van der Waals surface area contributed by atoms with Crippen LogP contribution < -0.4 is 21.6 Å². The Bertz CT molecular complexity index is 1220. The molecule has 3 aromatic rings. The molecule has 1 amide bonds. The molecule has 9 nitrogen and oxygen atoms in total. The molecule has 3 N–H and O–H groups in total. The van der Waals surface area contributed by atoms with Gasteiger partial charge in [0.1, 0.15) is 13.7 Å². The van der Waals surface area contributed by atoms with Gasteiger partial charge in [-0.3, -0.25) is 25.1 Å². The molecule has 196 valence electrons. The molecule has 0 atom stereocenters. The number of hydrazine groups is 1. The van der Waals surface area contributed by atoms with Gasteiger partial charge in [-0.05, 0) is 43.0 Å². The number of carbonyl (C=O) groups excluding carboxylic acids is 1. The van der Waals surface area contributed by atoms with Gasteiger partial charge in [0.2, 0.25) is 5.95 Å². The number of hydrogen-bond acceptors (Lipinski definition) is 8. The van der Waals surface area contributed by atoms with E-state index in [2.05, 4.69) is 61.5 Å². The Hall–Kier alpha value is -3.50. The highest BCUT2D eigenvalue weighted by Gasteiger charge is 2.26. The SMILES string of the molecule is [B]c1cnc(N)nc1N(NC(=O)c1ccc(-c2ccc(CN3CCN(C)CC3)cc2)nc1)C1CCCCC1. The number of nitrogens with one attached hydrogen (secondary N) is 1. The van der Waals surface area contributed by atoms with E-state index in [1.807, 2.05) is 6.07 Å². The van der Waals surface area contributed by atoms with Crippen LogP contribution >= 0.6 is 0 Å². The van der Waals surface area contributed by atoms with Crippen molar-refractivity contribution in [2.24, 2.45) is 0 Å². The Morgan fingerprint density at radius 3 is 2.45 bits per heavy atom. The third-order valence-electron chi connectivity index (χ3n) is 7.48. The van der Waals surface area contributed by atoms with Gasteiger partial charge in [0.05, 0.1) is 17.3 Å². The molecule has 2 aromatic heterocycles. The van der Waals surface area contributed by atoms with Gasteiger partial charge in [-0.25, -0.2) is 4.98 Å². The average molecular weight is 510 g/mol. The normalized spacial score (nSPS) is 17.3. The van der Waals surface area contributed by atoms with Gasteiger partial charge in [-0.2, -0.15) is 4.98 Å². The molecular formula is C28H35BN8O. The Kier molecular flexibility index (Phi) is 8.19. The van der Waals surface area contributed by atoms with Crippen LogP contribution in [0.5, 0.6) is 0 Å². The number of anilines is 2. The molecule has 0 unspecified atom stereocenters. The number of nitrogens with two attached hydrogens (primary N) is 1. The first-order valence-corrected chi connectivity index (χ1v) is 13.4. The molecule has 1 saturated heterocycles. The molecule has 38 heavy (non-hydrogen) atoms. The molecule has 1 aromatic carbocycles. The second-order valence-corrected chi connectivity index (χ2v) is 10.3. The lowest BCUT2D eigenvalue weighted by atomic mass is 9.93. The molecule has 2 fully saturated rings. The van der Waals surface area contributed by atoms with Crippen LogP contribution in [0.15, 0.2) is 48.8 Å². The highest BCUT2D eigenvalue weighted by atomic mass is 16.2. The van der Waals surface area contributed by atoms with Crippen molar-refractivity contribution in [3.8, 4) is 11.3 Å². The highest BCUT2D eigenvalue weighted by Crippen LogP contribution is 2.25. The summed E-state index contributed by atoms with van der Waals surface area (Å²) in [5.41, 5.74) is 12.8. The zero-order chi connectivity index (χ0) is 26.5. The molecule has 1 aliphatic heterocycles. The van der Waals surface area contributed by atoms with E-state index in [0.717, 1.165) is 69.7 Å². The number of aromatic nitrogens is 3. The van der Waals surface area contributed by atoms with Gasteiger partial charge >= 0.3 is 0 Å². The molecule has 0 spiro atoms. The monoisotopic (exact) mass is 510 g/mol. The maximum absolute atomic E-state index is 13.3. The minimum atomic E-state index is -0.270. The summed E-state index contributed by atoms with van der Waals surface area (Å²) in [6.45, 7) is 5.37. The van der Waals surface area contributed by atoms with Crippen LogP contribution in [0.1, 0.15) is 48.0 Å². The number of amides is 1. The lowest BCUT2D eigenvalue weighted by Gasteiger charge is -2.36. The van der Waals surface area contributed by atoms with Crippen molar-refractivity contribution in [2.75, 3.05) is 44.0 Å². The molecule has 0 bridgehead atoms. The number of pyridine rings is 1. The Labute approximate surface area is 225 Å². The number of likely N-dealkylation sites (N-methyl/N-ethyl adjacent to an activating group) is 1. The Morgan fingerprint density at radius 2 is 1.76 bits per heavy atom. The zero-order valence-corrected chi connectivity index (χ0v) is 22.0. The zero-order valence-electron chi connectivity index (χ0n) is 22.0. The summed E-state index contributed by atoms with van der Waals surface area (Å²) in [7, 11) is 8.35. The fraction of sp³-hybridized carbons (Fsp3) is 0.429. The van der Waals surface area contributed by atoms with E-state index in [1.165, 1.54) is 18.2 Å². The first-order chi connectivity index (χ1) is 18.5. The van der Waals surface area contributed by atoms with E-state index in [4.69, 9.17) is 13.6 Å². The highest BCUT2D eigenvalue weighted by molar-refractivity contribution is 6.35. The summed E-state index contributed by atoms with van der Waals surface area (Å²) < 4.78 is 0. The summed E-state index contributed by atoms with van der Waals surface area (Å²) in [5.74, 6) is 0.276. The lowest BCUT2D eigenvalue weighted by Crippen LogP contribution is -2.52. The van der Waals surface area contributed by atoms with E-state index in [1.54, 1.807) is 17.3 Å². The fourth-order valence-electron chi connectivity index (χ4n) is 5.16. The van der Waals surface area contributed by atoms with Crippen LogP contribution in [-0.4, -0.2) is 77.8 Å². The summed E-state index contributed by atoms with van der Waals surface area (Å²) in [4.78, 5) is 31.0. The number of hydrogen-bond donors (Lipinski definition) is 2. The predicted molar refractivity (Wildman–Crippen MR) is 151 cm³/mol. The third-order valence-corrected chi connectivity index (χ3v) is 7.48. The van der Waals surface area contributed by atoms with Gasteiger partial charge in [0.15, 0.2) is 0 Å². The minimum Gasteiger partial charge on any atom is -0.368 e. The van der Waals surface area contributed by atoms with E-state index < -0.39 is 0 Å². The van der Waals surface area contributed by atoms with Crippen molar-refractivity contribution in [1.82, 2.24) is 30.2 Å². The van der Waals surface area contributed by atoms with Crippen molar-refractivity contribution in [1.29, 1.82) is 0 Å². The minimum absolute atomic E-state index is 0.0842. The second kappa shape index (κ2) is 11.9. The Balaban J connectivity index is 1.26. The lowest BCUT2D eigenvalue weighted by molar-refractivity contribution is 0.0941. The number of nitrogens with zero attached hydrogens (tertiary/aromatic N) is 6. The molecule has 2 aliphatic rings. The molecule has 10 heteroatoms. The predicted octanol–water partition coefficient (Wildman–Crippen LogP) is 2.15. The van der Waals surface area contributed by atoms with E-state index in [9.17, 15) is 4.79 Å². The molecular weight excluding hydrogens is 475 g/mol. The molecule has 1 saturated carbocycles. The number of rotatable bonds is 7. The summed E-state index contributed by atoms with van der Waals surface area (Å²) in [6, 6.07) is 12.3. The first kappa shape index (κ1) is 26.1. The van der Waals surface area contributed by atoms with Crippen LogP contribution in [0.3, 0.4) is 0 Å². The molecule has 1 aliphatic carbocycles. The number of benzene rings is 1. The first-order valence-electron chi connectivity index (χ1n) is 13.4. The molecule has 5 rings (SSSR count). The third kappa shape index (κ3) is 6.31. The van der Waals surface area contributed by atoms with Crippen molar-refractivity contribution < 1.29 is 4.79 Å². The van der Waals surface area contributed by atoms with Crippen LogP contribution in [0, 0.1) is 0 Å². The fourth-order valence-corrected chi connectivity index (χ4v) is 5.16. The summed E-state index contributed by atoms with van der Waals surface area (Å²) in [5, 5.41) is 1.77. The van der Waals surface area contributed by atoms with Gasteiger partial charge in [-0.15, -0.1) is 0 Å². The van der Waals surface area contributed by atoms with Gasteiger partial charge in [0, 0.05) is 50.7 Å². The quantitative estimate of drug-likeness (QED) is 0.368. The van der Waals surface area contributed by atoms with E-state index in [-0.39, 0.29) is 17.9 Å². The van der Waals surface area contributed by atoms with E-state index >= 15 is 0 Å². The summed E-state index contributed by atoms with van der Waals surface area (Å²) in [6.07, 6.45) is 8.31. The molecule has 3 heterocycles. The topological polar surface area (TPSA) is 104 Å². The van der Waals surface area contributed by atoms with Crippen LogP contribution in [0.4, 0.5) is 11.8 Å². The maximum Gasteiger partial charge on any atom is 0.271 e. The number of carbonyl (C=O) groups is 1. The van der Waals surface area contributed by atoms with Crippen molar-refractivity contribution in [3.05, 3.63) is 59.9 Å². The van der Waals surface area contributed by atoms with Crippen LogP contribution in [0.2, 0.25) is 0 Å². The second-order valence-electron chi connectivity index (χ2n) is 10.3. The molecule has 2 radical (unpaired) electrons. The van der Waals surface area contributed by atoms with Crippen LogP contribution in [-0.2, 0) is 6.54 Å². The largest absolute Gasteiger partial charge is 0.368 e. The standard InChI is InChI=1S/C28H35BN8O/c1-35-13-15-36(16-14-35)19-20-7-9-21(10-8-20)25-12-11-22(17-31-25)27(38)34-37(23-5-3-2-4-6-23)26-24(29)18-32-28(30)33-26/h7-12,17-18,23H,2-6,13-16,19H2,1H3,(H,34,38)(H2,30,32,33). The average Bonchev–Trinajstić information content (AvgIpc) is 2.95. The summed E-state index contributed by atoms with van der Waals surface area (Å²) >= 11 is 0. The van der Waals surface area contributed by atoms with Gasteiger partial charge in [0.25, 0.3) is 5.91 Å². The van der Waals surface area contributed by atoms with Gasteiger partial charge < -0.3 is 10.6 Å². The smallest absolute Gasteiger partial charge is 0.271 e. The number of piperazine rings is 1. The maximum atomic E-state index is 13.3. The van der Waals surface area contributed by atoms with Crippen molar-refractivity contribution in [2.45, 2.75) is 44.7 Å².